The van der Waals surface area contributed by atoms with Crippen LogP contribution in [-0.2, 0) is 6.54 Å². The van der Waals surface area contributed by atoms with Crippen LogP contribution in [0.3, 0.4) is 0 Å². The first kappa shape index (κ1) is 13.5. The number of aromatic nitrogens is 1. The van der Waals surface area contributed by atoms with Gasteiger partial charge in [0.1, 0.15) is 5.69 Å². The Balaban J connectivity index is 1.95. The molecule has 0 atom stereocenters. The molecule has 0 aliphatic heterocycles. The lowest BCUT2D eigenvalue weighted by molar-refractivity contribution is -0.382. The summed E-state index contributed by atoms with van der Waals surface area (Å²) in [5.74, 6) is 0. The highest BCUT2D eigenvalue weighted by atomic mass is 32.1. The molecule has 106 valence electrons. The number of nitro groups is 1. The van der Waals surface area contributed by atoms with E-state index in [4.69, 9.17) is 0 Å². The van der Waals surface area contributed by atoms with Crippen LogP contribution in [0.5, 0.6) is 0 Å². The van der Waals surface area contributed by atoms with Gasteiger partial charge in [0.05, 0.1) is 15.1 Å². The Hall–Kier alpha value is -2.47. The van der Waals surface area contributed by atoms with Gasteiger partial charge in [-0.1, -0.05) is 24.3 Å². The first-order chi connectivity index (χ1) is 10.2. The van der Waals surface area contributed by atoms with Crippen LogP contribution < -0.4 is 5.32 Å². The molecule has 0 aliphatic rings. The van der Waals surface area contributed by atoms with Gasteiger partial charge in [0.2, 0.25) is 0 Å². The molecule has 0 saturated carbocycles. The summed E-state index contributed by atoms with van der Waals surface area (Å²) in [6.45, 7) is 2.57. The van der Waals surface area contributed by atoms with Crippen molar-refractivity contribution in [2.45, 2.75) is 13.5 Å². The van der Waals surface area contributed by atoms with Crippen molar-refractivity contribution in [1.29, 1.82) is 0 Å². The Bertz CT molecular complexity index is 814. The zero-order valence-electron chi connectivity index (χ0n) is 11.4. The number of hydrogen-bond acceptors (Lipinski definition) is 5. The van der Waals surface area contributed by atoms with Gasteiger partial charge in [-0.05, 0) is 30.2 Å². The number of thiazole rings is 1. The monoisotopic (exact) mass is 299 g/mol. The summed E-state index contributed by atoms with van der Waals surface area (Å²) >= 11 is 1.40. The second-order valence-electron chi connectivity index (χ2n) is 4.70. The van der Waals surface area contributed by atoms with E-state index < -0.39 is 0 Å². The van der Waals surface area contributed by atoms with Crippen LogP contribution in [0.15, 0.2) is 41.9 Å². The number of anilines is 1. The van der Waals surface area contributed by atoms with E-state index in [9.17, 15) is 10.1 Å². The van der Waals surface area contributed by atoms with E-state index in [0.717, 1.165) is 15.8 Å². The fourth-order valence-electron chi connectivity index (χ4n) is 2.24. The van der Waals surface area contributed by atoms with Crippen molar-refractivity contribution in [3.8, 4) is 0 Å². The number of benzene rings is 2. The molecule has 0 unspecified atom stereocenters. The molecule has 0 saturated heterocycles. The number of rotatable bonds is 4. The minimum atomic E-state index is -0.373. The van der Waals surface area contributed by atoms with Gasteiger partial charge in [-0.15, -0.1) is 11.3 Å². The van der Waals surface area contributed by atoms with Gasteiger partial charge in [0, 0.05) is 6.54 Å². The Kier molecular flexibility index (Phi) is 3.53. The summed E-state index contributed by atoms with van der Waals surface area (Å²) in [4.78, 5) is 15.1. The van der Waals surface area contributed by atoms with Crippen LogP contribution in [-0.4, -0.2) is 9.91 Å². The van der Waals surface area contributed by atoms with Crippen molar-refractivity contribution >= 4 is 32.9 Å². The maximum atomic E-state index is 11.3. The van der Waals surface area contributed by atoms with Crippen molar-refractivity contribution in [1.82, 2.24) is 4.98 Å². The highest BCUT2D eigenvalue weighted by molar-refractivity contribution is 7.16. The second-order valence-corrected chi connectivity index (χ2v) is 5.58. The predicted octanol–water partition coefficient (Wildman–Crippen LogP) is 4.13. The van der Waals surface area contributed by atoms with E-state index in [1.165, 1.54) is 11.3 Å². The molecular weight excluding hydrogens is 286 g/mol. The van der Waals surface area contributed by atoms with Crippen LogP contribution in [0.25, 0.3) is 10.2 Å². The lowest BCUT2D eigenvalue weighted by Crippen LogP contribution is -2.04. The lowest BCUT2D eigenvalue weighted by atomic mass is 10.1. The van der Waals surface area contributed by atoms with Gasteiger partial charge in [0.15, 0.2) is 5.52 Å². The van der Waals surface area contributed by atoms with E-state index >= 15 is 0 Å². The fourth-order valence-corrected chi connectivity index (χ4v) is 2.92. The Morgan fingerprint density at radius 2 is 2.10 bits per heavy atom. The quantitative estimate of drug-likeness (QED) is 0.581. The van der Waals surface area contributed by atoms with Crippen LogP contribution in [0.1, 0.15) is 11.1 Å². The van der Waals surface area contributed by atoms with E-state index in [2.05, 4.69) is 10.3 Å². The maximum absolute atomic E-state index is 11.3. The summed E-state index contributed by atoms with van der Waals surface area (Å²) in [6.07, 6.45) is 0. The van der Waals surface area contributed by atoms with Crippen LogP contribution >= 0.6 is 11.3 Å². The van der Waals surface area contributed by atoms with E-state index in [1.54, 1.807) is 11.6 Å². The molecule has 1 heterocycles. The van der Waals surface area contributed by atoms with Gasteiger partial charge in [-0.25, -0.2) is 4.98 Å². The molecule has 3 rings (SSSR count). The summed E-state index contributed by atoms with van der Waals surface area (Å²) in [5, 5.41) is 14.5. The lowest BCUT2D eigenvalue weighted by Gasteiger charge is -2.09. The average Bonchev–Trinajstić information content (AvgIpc) is 2.93. The van der Waals surface area contributed by atoms with Crippen LogP contribution in [0.2, 0.25) is 0 Å². The van der Waals surface area contributed by atoms with Gasteiger partial charge < -0.3 is 5.32 Å². The molecule has 0 aliphatic carbocycles. The molecule has 0 bridgehead atoms. The molecule has 1 N–H and O–H groups in total. The number of nitrogens with zero attached hydrogens (tertiary/aromatic N) is 2. The van der Waals surface area contributed by atoms with Crippen molar-refractivity contribution < 1.29 is 4.92 Å². The third-order valence-corrected chi connectivity index (χ3v) is 4.18. The third kappa shape index (κ3) is 2.57. The highest BCUT2D eigenvalue weighted by Gasteiger charge is 2.20. The fraction of sp³-hybridized carbons (Fsp3) is 0.133. The second kappa shape index (κ2) is 5.49. The standard InChI is InChI=1S/C15H13N3O2S/c1-10-4-2-3-5-11(10)8-16-12-6-7-13-14(17-9-21-13)15(12)18(19)20/h2-7,9,16H,8H2,1H3. The SMILES string of the molecule is Cc1ccccc1CNc1ccc2scnc2c1[N+](=O)[O-]. The topological polar surface area (TPSA) is 68.1 Å². The highest BCUT2D eigenvalue weighted by Crippen LogP contribution is 2.34. The predicted molar refractivity (Wildman–Crippen MR) is 84.8 cm³/mol. The Labute approximate surface area is 125 Å². The van der Waals surface area contributed by atoms with Crippen molar-refractivity contribution in [3.05, 3.63) is 63.1 Å². The molecule has 1 aromatic heterocycles. The third-order valence-electron chi connectivity index (χ3n) is 3.39. The Morgan fingerprint density at radius 3 is 2.86 bits per heavy atom. The zero-order chi connectivity index (χ0) is 14.8. The Morgan fingerprint density at radius 1 is 1.29 bits per heavy atom. The van der Waals surface area contributed by atoms with Gasteiger partial charge in [0.25, 0.3) is 0 Å². The number of fused-ring (bicyclic) bond motifs is 1. The molecule has 21 heavy (non-hydrogen) atoms. The van der Waals surface area contributed by atoms with E-state index in [-0.39, 0.29) is 10.6 Å². The smallest absolute Gasteiger partial charge is 0.319 e. The molecule has 5 nitrogen and oxygen atoms in total. The normalized spacial score (nSPS) is 10.7. The average molecular weight is 299 g/mol. The summed E-state index contributed by atoms with van der Waals surface area (Å²) < 4.78 is 0.822. The first-order valence-corrected chi connectivity index (χ1v) is 7.34. The molecule has 0 fully saturated rings. The number of nitrogens with one attached hydrogen (secondary N) is 1. The van der Waals surface area contributed by atoms with E-state index in [0.29, 0.717) is 17.7 Å². The summed E-state index contributed by atoms with van der Waals surface area (Å²) in [7, 11) is 0. The largest absolute Gasteiger partial charge is 0.375 e. The maximum Gasteiger partial charge on any atom is 0.319 e. The summed E-state index contributed by atoms with van der Waals surface area (Å²) in [5.41, 5.74) is 4.89. The van der Waals surface area contributed by atoms with Crippen molar-refractivity contribution in [2.75, 3.05) is 5.32 Å². The molecule has 2 aromatic carbocycles. The molecule has 6 heteroatoms. The van der Waals surface area contributed by atoms with Crippen molar-refractivity contribution in [2.24, 2.45) is 0 Å². The first-order valence-electron chi connectivity index (χ1n) is 6.46. The number of nitro benzene ring substituents is 1. The van der Waals surface area contributed by atoms with Crippen LogP contribution in [0, 0.1) is 17.0 Å². The zero-order valence-corrected chi connectivity index (χ0v) is 12.2. The van der Waals surface area contributed by atoms with Gasteiger partial charge >= 0.3 is 5.69 Å². The minimum absolute atomic E-state index is 0.0438. The number of aryl methyl sites for hydroxylation is 1. The molecule has 3 aromatic rings. The molecule has 0 radical (unpaired) electrons. The summed E-state index contributed by atoms with van der Waals surface area (Å²) in [6, 6.07) is 11.6. The van der Waals surface area contributed by atoms with Gasteiger partial charge in [-0.3, -0.25) is 10.1 Å². The van der Waals surface area contributed by atoms with Gasteiger partial charge in [-0.2, -0.15) is 0 Å². The molecular formula is C15H13N3O2S. The van der Waals surface area contributed by atoms with Crippen LogP contribution in [0.4, 0.5) is 11.4 Å². The minimum Gasteiger partial charge on any atom is -0.375 e. The molecule has 0 amide bonds. The number of hydrogen-bond donors (Lipinski definition) is 1. The molecule has 0 spiro atoms. The van der Waals surface area contributed by atoms with E-state index in [1.807, 2.05) is 37.3 Å². The van der Waals surface area contributed by atoms with Crippen molar-refractivity contribution in [3.63, 3.8) is 0 Å².